The number of likely N-dealkylation sites (tertiary alicyclic amines) is 1. The van der Waals surface area contributed by atoms with Gasteiger partial charge >= 0.3 is 0 Å². The molecule has 1 aromatic rings. The molecule has 1 fully saturated rings. The molecule has 0 aliphatic carbocycles. The van der Waals surface area contributed by atoms with Crippen LogP contribution in [-0.2, 0) is 0 Å². The molecule has 0 spiro atoms. The van der Waals surface area contributed by atoms with Crippen LogP contribution in [0, 0.1) is 23.4 Å². The number of nitrogens with zero attached hydrogens (tertiary/aromatic N) is 1. The number of piperidine rings is 1. The number of halogens is 3. The predicted molar refractivity (Wildman–Crippen MR) is 72.7 cm³/mol. The predicted octanol–water partition coefficient (Wildman–Crippen LogP) is 3.23. The quantitative estimate of drug-likeness (QED) is 0.861. The molecular formula is C15H21F3N2. The van der Waals surface area contributed by atoms with Gasteiger partial charge in [-0.1, -0.05) is 13.3 Å². The lowest BCUT2D eigenvalue weighted by molar-refractivity contribution is 0.123. The van der Waals surface area contributed by atoms with E-state index in [4.69, 9.17) is 5.73 Å². The van der Waals surface area contributed by atoms with Gasteiger partial charge in [0.1, 0.15) is 0 Å². The summed E-state index contributed by atoms with van der Waals surface area (Å²) in [5.41, 5.74) is 6.20. The van der Waals surface area contributed by atoms with E-state index >= 15 is 0 Å². The summed E-state index contributed by atoms with van der Waals surface area (Å²) in [7, 11) is 0. The zero-order valence-corrected chi connectivity index (χ0v) is 11.7. The van der Waals surface area contributed by atoms with Crippen LogP contribution in [0.4, 0.5) is 13.2 Å². The Kier molecular flexibility index (Phi) is 5.05. The Morgan fingerprint density at radius 3 is 2.50 bits per heavy atom. The number of hydrogen-bond acceptors (Lipinski definition) is 2. The van der Waals surface area contributed by atoms with E-state index in [0.717, 1.165) is 38.1 Å². The Bertz CT molecular complexity index is 441. The van der Waals surface area contributed by atoms with Crippen molar-refractivity contribution in [3.05, 3.63) is 35.1 Å². The van der Waals surface area contributed by atoms with E-state index in [1.807, 2.05) is 0 Å². The van der Waals surface area contributed by atoms with Gasteiger partial charge in [0.2, 0.25) is 0 Å². The fraction of sp³-hybridized carbons (Fsp3) is 0.600. The van der Waals surface area contributed by atoms with E-state index in [9.17, 15) is 13.2 Å². The SMILES string of the molecule is CCC1CCCN(C(CN)c2cc(F)c(F)c(F)c2)C1. The molecule has 0 amide bonds. The third-order valence-corrected chi connectivity index (χ3v) is 4.18. The highest BCUT2D eigenvalue weighted by atomic mass is 19.2. The standard InChI is InChI=1S/C15H21F3N2/c1-2-10-4-3-5-20(9-10)14(8-19)11-6-12(16)15(18)13(17)7-11/h6-7,10,14H,2-5,8-9,19H2,1H3. The Labute approximate surface area is 117 Å². The molecule has 0 saturated carbocycles. The number of hydrogen-bond donors (Lipinski definition) is 1. The number of nitrogens with two attached hydrogens (primary N) is 1. The molecule has 2 atom stereocenters. The maximum atomic E-state index is 13.4. The zero-order valence-electron chi connectivity index (χ0n) is 11.7. The molecule has 2 unspecified atom stereocenters. The molecule has 20 heavy (non-hydrogen) atoms. The molecule has 5 heteroatoms. The van der Waals surface area contributed by atoms with Crippen molar-refractivity contribution in [2.24, 2.45) is 11.7 Å². The summed E-state index contributed by atoms with van der Waals surface area (Å²) < 4.78 is 39.8. The molecule has 1 aliphatic heterocycles. The average molecular weight is 286 g/mol. The van der Waals surface area contributed by atoms with Crippen molar-refractivity contribution in [3.63, 3.8) is 0 Å². The minimum absolute atomic E-state index is 0.256. The van der Waals surface area contributed by atoms with Gasteiger partial charge in [-0.2, -0.15) is 0 Å². The van der Waals surface area contributed by atoms with Gasteiger partial charge in [0.25, 0.3) is 0 Å². The van der Waals surface area contributed by atoms with Crippen LogP contribution in [0.15, 0.2) is 12.1 Å². The van der Waals surface area contributed by atoms with Crippen molar-refractivity contribution in [1.82, 2.24) is 4.90 Å². The molecule has 0 aromatic heterocycles. The van der Waals surface area contributed by atoms with Gasteiger partial charge in [-0.25, -0.2) is 13.2 Å². The number of benzene rings is 1. The summed E-state index contributed by atoms with van der Waals surface area (Å²) >= 11 is 0. The van der Waals surface area contributed by atoms with E-state index in [2.05, 4.69) is 11.8 Å². The highest BCUT2D eigenvalue weighted by Gasteiger charge is 2.26. The van der Waals surface area contributed by atoms with Gasteiger partial charge in [0, 0.05) is 19.1 Å². The van der Waals surface area contributed by atoms with Gasteiger partial charge in [-0.15, -0.1) is 0 Å². The highest BCUT2D eigenvalue weighted by Crippen LogP contribution is 2.29. The van der Waals surface area contributed by atoms with E-state index in [-0.39, 0.29) is 12.6 Å². The summed E-state index contributed by atoms with van der Waals surface area (Å²) in [5, 5.41) is 0. The van der Waals surface area contributed by atoms with Crippen LogP contribution in [-0.4, -0.2) is 24.5 Å². The first-order valence-electron chi connectivity index (χ1n) is 7.15. The molecule has 112 valence electrons. The van der Waals surface area contributed by atoms with Gasteiger partial charge in [0.05, 0.1) is 0 Å². The fourth-order valence-corrected chi connectivity index (χ4v) is 2.98. The molecule has 1 aromatic carbocycles. The minimum atomic E-state index is -1.42. The Morgan fingerprint density at radius 1 is 1.30 bits per heavy atom. The van der Waals surface area contributed by atoms with E-state index in [1.165, 1.54) is 6.42 Å². The van der Waals surface area contributed by atoms with Crippen LogP contribution in [0.3, 0.4) is 0 Å². The molecule has 0 radical (unpaired) electrons. The van der Waals surface area contributed by atoms with Crippen molar-refractivity contribution >= 4 is 0 Å². The first kappa shape index (κ1) is 15.3. The largest absolute Gasteiger partial charge is 0.329 e. The van der Waals surface area contributed by atoms with Crippen molar-refractivity contribution in [1.29, 1.82) is 0 Å². The molecule has 2 nitrogen and oxygen atoms in total. The third kappa shape index (κ3) is 3.15. The van der Waals surface area contributed by atoms with Gasteiger partial charge < -0.3 is 5.73 Å². The van der Waals surface area contributed by atoms with Crippen LogP contribution in [0.1, 0.15) is 37.8 Å². The smallest absolute Gasteiger partial charge is 0.194 e. The first-order chi connectivity index (χ1) is 9.56. The lowest BCUT2D eigenvalue weighted by Crippen LogP contribution is -2.41. The molecule has 1 saturated heterocycles. The van der Waals surface area contributed by atoms with Crippen molar-refractivity contribution in [2.75, 3.05) is 19.6 Å². The maximum absolute atomic E-state index is 13.4. The summed E-state index contributed by atoms with van der Waals surface area (Å²) in [6, 6.07) is 1.87. The van der Waals surface area contributed by atoms with Gasteiger partial charge in [-0.05, 0) is 43.0 Å². The van der Waals surface area contributed by atoms with E-state index in [1.54, 1.807) is 0 Å². The monoisotopic (exact) mass is 286 g/mol. The van der Waals surface area contributed by atoms with Gasteiger partial charge in [0.15, 0.2) is 17.5 Å². The van der Waals surface area contributed by atoms with Crippen molar-refractivity contribution in [3.8, 4) is 0 Å². The van der Waals surface area contributed by atoms with Crippen LogP contribution in [0.5, 0.6) is 0 Å². The minimum Gasteiger partial charge on any atom is -0.329 e. The normalized spacial score (nSPS) is 21.9. The summed E-state index contributed by atoms with van der Waals surface area (Å²) in [5.74, 6) is -3.13. The molecule has 2 N–H and O–H groups in total. The highest BCUT2D eigenvalue weighted by molar-refractivity contribution is 5.23. The summed E-state index contributed by atoms with van der Waals surface area (Å²) in [4.78, 5) is 2.16. The topological polar surface area (TPSA) is 29.3 Å². The zero-order chi connectivity index (χ0) is 14.7. The Morgan fingerprint density at radius 2 is 1.95 bits per heavy atom. The van der Waals surface area contributed by atoms with Crippen LogP contribution in [0.25, 0.3) is 0 Å². The average Bonchev–Trinajstić information content (AvgIpc) is 2.45. The Balaban J connectivity index is 2.23. The van der Waals surface area contributed by atoms with Crippen LogP contribution < -0.4 is 5.73 Å². The van der Waals surface area contributed by atoms with Crippen molar-refractivity contribution < 1.29 is 13.2 Å². The second-order valence-corrected chi connectivity index (χ2v) is 5.46. The summed E-state index contributed by atoms with van der Waals surface area (Å²) in [6.45, 7) is 4.14. The molecule has 0 bridgehead atoms. The van der Waals surface area contributed by atoms with Crippen LogP contribution in [0.2, 0.25) is 0 Å². The van der Waals surface area contributed by atoms with E-state index in [0.29, 0.717) is 11.5 Å². The summed E-state index contributed by atoms with van der Waals surface area (Å²) in [6.07, 6.45) is 3.32. The maximum Gasteiger partial charge on any atom is 0.194 e. The molecule has 1 aliphatic rings. The molecule has 1 heterocycles. The second kappa shape index (κ2) is 6.59. The number of rotatable bonds is 4. The lowest BCUT2D eigenvalue weighted by Gasteiger charge is -2.38. The van der Waals surface area contributed by atoms with Crippen molar-refractivity contribution in [2.45, 2.75) is 32.2 Å². The van der Waals surface area contributed by atoms with Gasteiger partial charge in [-0.3, -0.25) is 4.90 Å². The van der Waals surface area contributed by atoms with E-state index < -0.39 is 17.5 Å². The first-order valence-corrected chi connectivity index (χ1v) is 7.15. The lowest BCUT2D eigenvalue weighted by atomic mass is 9.93. The van der Waals surface area contributed by atoms with Crippen LogP contribution >= 0.6 is 0 Å². The third-order valence-electron chi connectivity index (χ3n) is 4.18. The molecule has 2 rings (SSSR count). The molecular weight excluding hydrogens is 265 g/mol. The Hall–Kier alpha value is -1.07. The second-order valence-electron chi connectivity index (χ2n) is 5.46. The fourth-order valence-electron chi connectivity index (χ4n) is 2.98.